The topological polar surface area (TPSA) is 38.7 Å². The lowest BCUT2D eigenvalue weighted by Crippen LogP contribution is -2.05. The number of hydrogen-bond donors (Lipinski definition) is 0. The Kier molecular flexibility index (Phi) is 4.61. The Morgan fingerprint density at radius 2 is 1.70 bits per heavy atom. The third-order valence-electron chi connectivity index (χ3n) is 3.62. The Morgan fingerprint density at radius 3 is 2.30 bits per heavy atom. The van der Waals surface area contributed by atoms with E-state index in [1.54, 1.807) is 6.08 Å². The van der Waals surface area contributed by atoms with Crippen LogP contribution in [0.15, 0.2) is 59.2 Å². The average molecular weight is 417 g/mol. The highest BCUT2D eigenvalue weighted by atomic mass is 127. The molecular weight excluding hydrogens is 401 g/mol. The minimum atomic E-state index is -0.411. The second-order valence-electron chi connectivity index (χ2n) is 5.66. The minimum absolute atomic E-state index is 0.329. The number of halogens is 1. The minimum Gasteiger partial charge on any atom is -0.402 e. The summed E-state index contributed by atoms with van der Waals surface area (Å²) in [6, 6.07) is 15.8. The molecule has 0 bridgehead atoms. The van der Waals surface area contributed by atoms with Crippen molar-refractivity contribution in [2.24, 2.45) is 4.99 Å². The summed E-state index contributed by atoms with van der Waals surface area (Å²) in [6.07, 6.45) is 1.76. The molecule has 0 unspecified atom stereocenters. The fourth-order valence-electron chi connectivity index (χ4n) is 2.26. The molecule has 0 saturated heterocycles. The van der Waals surface area contributed by atoms with E-state index >= 15 is 0 Å². The van der Waals surface area contributed by atoms with Gasteiger partial charge in [-0.1, -0.05) is 38.1 Å². The van der Waals surface area contributed by atoms with Gasteiger partial charge >= 0.3 is 5.97 Å². The van der Waals surface area contributed by atoms with Crippen LogP contribution < -0.4 is 0 Å². The standard InChI is InChI=1S/C19H16INO2/c1-12(2)14-5-3-13(4-6-14)11-17-19(22)23-18(21-17)15-7-9-16(20)10-8-15/h3-12H,1-2H3/b17-11-. The third-order valence-corrected chi connectivity index (χ3v) is 4.34. The van der Waals surface area contributed by atoms with Crippen LogP contribution in [0.5, 0.6) is 0 Å². The molecule has 3 nitrogen and oxygen atoms in total. The number of rotatable bonds is 3. The number of cyclic esters (lactones) is 1. The van der Waals surface area contributed by atoms with Gasteiger partial charge in [0.25, 0.3) is 0 Å². The smallest absolute Gasteiger partial charge is 0.363 e. The number of benzene rings is 2. The largest absolute Gasteiger partial charge is 0.402 e. The average Bonchev–Trinajstić information content (AvgIpc) is 2.89. The van der Waals surface area contributed by atoms with Gasteiger partial charge in [-0.05, 0) is 70.0 Å². The number of ether oxygens (including phenoxy) is 1. The summed E-state index contributed by atoms with van der Waals surface area (Å²) in [7, 11) is 0. The maximum absolute atomic E-state index is 12.0. The molecule has 4 heteroatoms. The van der Waals surface area contributed by atoms with Crippen molar-refractivity contribution >= 4 is 40.5 Å². The lowest BCUT2D eigenvalue weighted by atomic mass is 10.0. The van der Waals surface area contributed by atoms with E-state index in [-0.39, 0.29) is 0 Å². The summed E-state index contributed by atoms with van der Waals surface area (Å²) in [5.41, 5.74) is 3.34. The quantitative estimate of drug-likeness (QED) is 0.411. The normalized spacial score (nSPS) is 15.9. The highest BCUT2D eigenvalue weighted by molar-refractivity contribution is 14.1. The Labute approximate surface area is 149 Å². The summed E-state index contributed by atoms with van der Waals surface area (Å²) >= 11 is 2.23. The number of nitrogens with zero attached hydrogens (tertiary/aromatic N) is 1. The maximum Gasteiger partial charge on any atom is 0.363 e. The lowest BCUT2D eigenvalue weighted by molar-refractivity contribution is -0.129. The van der Waals surface area contributed by atoms with E-state index in [9.17, 15) is 4.79 Å². The molecule has 1 aliphatic rings. The van der Waals surface area contributed by atoms with E-state index in [1.807, 2.05) is 36.4 Å². The molecule has 0 fully saturated rings. The monoisotopic (exact) mass is 417 g/mol. The van der Waals surface area contributed by atoms with Gasteiger partial charge in [-0.15, -0.1) is 0 Å². The van der Waals surface area contributed by atoms with Crippen LogP contribution in [-0.4, -0.2) is 11.9 Å². The molecule has 1 heterocycles. The van der Waals surface area contributed by atoms with Crippen molar-refractivity contribution in [2.75, 3.05) is 0 Å². The summed E-state index contributed by atoms with van der Waals surface area (Å²) < 4.78 is 6.40. The molecule has 1 aliphatic heterocycles. The van der Waals surface area contributed by atoms with Gasteiger partial charge in [-0.2, -0.15) is 0 Å². The molecule has 0 amide bonds. The molecule has 0 aliphatic carbocycles. The van der Waals surface area contributed by atoms with Crippen LogP contribution in [0.1, 0.15) is 36.5 Å². The number of carbonyl (C=O) groups is 1. The SMILES string of the molecule is CC(C)c1ccc(/C=C2\N=C(c3ccc(I)cc3)OC2=O)cc1. The summed E-state index contributed by atoms with van der Waals surface area (Å²) in [5.74, 6) is 0.432. The number of carbonyl (C=O) groups excluding carboxylic acids is 1. The van der Waals surface area contributed by atoms with Gasteiger partial charge in [0.1, 0.15) is 0 Å². The van der Waals surface area contributed by atoms with E-state index in [0.29, 0.717) is 17.5 Å². The number of esters is 1. The second kappa shape index (κ2) is 6.66. The van der Waals surface area contributed by atoms with Gasteiger partial charge in [0, 0.05) is 9.13 Å². The van der Waals surface area contributed by atoms with Crippen molar-refractivity contribution < 1.29 is 9.53 Å². The van der Waals surface area contributed by atoms with Gasteiger partial charge in [0.05, 0.1) is 0 Å². The number of hydrogen-bond acceptors (Lipinski definition) is 3. The Bertz CT molecular complexity index is 787. The maximum atomic E-state index is 12.0. The first-order chi connectivity index (χ1) is 11.0. The highest BCUT2D eigenvalue weighted by Gasteiger charge is 2.23. The molecule has 2 aromatic carbocycles. The third kappa shape index (κ3) is 3.69. The molecule has 2 aromatic rings. The van der Waals surface area contributed by atoms with E-state index < -0.39 is 5.97 Å². The predicted octanol–water partition coefficient (Wildman–Crippen LogP) is 4.76. The molecule has 0 spiro atoms. The molecule has 0 radical (unpaired) electrons. The highest BCUT2D eigenvalue weighted by Crippen LogP contribution is 2.21. The van der Waals surface area contributed by atoms with Gasteiger partial charge in [-0.25, -0.2) is 9.79 Å². The summed E-state index contributed by atoms with van der Waals surface area (Å²) in [6.45, 7) is 4.30. The fourth-order valence-corrected chi connectivity index (χ4v) is 2.62. The van der Waals surface area contributed by atoms with Crippen LogP contribution in [0.25, 0.3) is 6.08 Å². The van der Waals surface area contributed by atoms with Crippen molar-refractivity contribution in [3.8, 4) is 0 Å². The van der Waals surface area contributed by atoms with Gasteiger partial charge in [0.15, 0.2) is 5.70 Å². The zero-order valence-corrected chi connectivity index (χ0v) is 15.1. The fraction of sp³-hybridized carbons (Fsp3) is 0.158. The van der Waals surface area contributed by atoms with Crippen LogP contribution >= 0.6 is 22.6 Å². The first kappa shape index (κ1) is 15.9. The van der Waals surface area contributed by atoms with E-state index in [0.717, 1.165) is 14.7 Å². The van der Waals surface area contributed by atoms with Crippen LogP contribution in [0.4, 0.5) is 0 Å². The summed E-state index contributed by atoms with van der Waals surface area (Å²) in [5, 5.41) is 0. The van der Waals surface area contributed by atoms with Gasteiger partial charge in [-0.3, -0.25) is 0 Å². The zero-order chi connectivity index (χ0) is 16.4. The first-order valence-electron chi connectivity index (χ1n) is 7.41. The summed E-state index contributed by atoms with van der Waals surface area (Å²) in [4.78, 5) is 16.3. The van der Waals surface area contributed by atoms with Gasteiger partial charge in [0.2, 0.25) is 5.90 Å². The van der Waals surface area contributed by atoms with E-state index in [4.69, 9.17) is 4.74 Å². The molecule has 0 saturated carbocycles. The van der Waals surface area contributed by atoms with Crippen LogP contribution in [0.3, 0.4) is 0 Å². The first-order valence-corrected chi connectivity index (χ1v) is 8.49. The van der Waals surface area contributed by atoms with E-state index in [1.165, 1.54) is 5.56 Å². The number of aliphatic imine (C=N–C) groups is 1. The van der Waals surface area contributed by atoms with Crippen molar-refractivity contribution in [3.63, 3.8) is 0 Å². The molecular formula is C19H16INO2. The molecule has 0 N–H and O–H groups in total. The van der Waals surface area contributed by atoms with Crippen molar-refractivity contribution in [2.45, 2.75) is 19.8 Å². The van der Waals surface area contributed by atoms with Gasteiger partial charge < -0.3 is 4.74 Å². The molecule has 23 heavy (non-hydrogen) atoms. The second-order valence-corrected chi connectivity index (χ2v) is 6.91. The van der Waals surface area contributed by atoms with Crippen molar-refractivity contribution in [3.05, 3.63) is 74.5 Å². The Hall–Kier alpha value is -1.95. The Balaban J connectivity index is 1.87. The van der Waals surface area contributed by atoms with Crippen LogP contribution in [0, 0.1) is 3.57 Å². The lowest BCUT2D eigenvalue weighted by Gasteiger charge is -2.04. The van der Waals surface area contributed by atoms with Crippen molar-refractivity contribution in [1.29, 1.82) is 0 Å². The Morgan fingerprint density at radius 1 is 1.04 bits per heavy atom. The molecule has 0 atom stereocenters. The van der Waals surface area contributed by atoms with E-state index in [2.05, 4.69) is 53.6 Å². The molecule has 116 valence electrons. The molecule has 0 aromatic heterocycles. The van der Waals surface area contributed by atoms with Crippen LogP contribution in [-0.2, 0) is 9.53 Å². The molecule has 3 rings (SSSR count). The van der Waals surface area contributed by atoms with Crippen LogP contribution in [0.2, 0.25) is 0 Å². The predicted molar refractivity (Wildman–Crippen MR) is 100 cm³/mol. The van der Waals surface area contributed by atoms with Crippen molar-refractivity contribution in [1.82, 2.24) is 0 Å². The zero-order valence-electron chi connectivity index (χ0n) is 12.9.